The second kappa shape index (κ2) is 4.06. The molecule has 0 aromatic heterocycles. The number of nitrogens with zero attached hydrogens (tertiary/aromatic N) is 1. The Labute approximate surface area is 130 Å². The van der Waals surface area contributed by atoms with Crippen LogP contribution in [0.3, 0.4) is 0 Å². The van der Waals surface area contributed by atoms with Gasteiger partial charge in [0.15, 0.2) is 11.5 Å². The van der Waals surface area contributed by atoms with E-state index in [0.717, 1.165) is 25.8 Å². The van der Waals surface area contributed by atoms with Crippen molar-refractivity contribution in [1.82, 2.24) is 4.90 Å². The molecule has 1 aromatic carbocycles. The van der Waals surface area contributed by atoms with E-state index in [-0.39, 0.29) is 23.4 Å². The molecule has 5 rings (SSSR count). The highest BCUT2D eigenvalue weighted by molar-refractivity contribution is 5.65. The Bertz CT molecular complexity index is 698. The zero-order chi connectivity index (χ0) is 15.1. The van der Waals surface area contributed by atoms with Crippen molar-refractivity contribution in [3.8, 4) is 11.5 Å². The number of likely N-dealkylation sites (tertiary alicyclic amines) is 1. The van der Waals surface area contributed by atoms with E-state index in [1.807, 2.05) is 0 Å². The molecule has 2 aliphatic carbocycles. The monoisotopic (exact) mass is 299 g/mol. The van der Waals surface area contributed by atoms with Gasteiger partial charge in [-0.25, -0.2) is 0 Å². The lowest BCUT2D eigenvalue weighted by atomic mass is 9.56. The number of hydrogen-bond donors (Lipinski definition) is 1. The Morgan fingerprint density at radius 3 is 3.09 bits per heavy atom. The van der Waals surface area contributed by atoms with Crippen LogP contribution >= 0.6 is 0 Å². The molecule has 0 amide bonds. The number of ether oxygens (including phenoxy) is 2. The van der Waals surface area contributed by atoms with Crippen LogP contribution in [-0.2, 0) is 16.6 Å². The predicted octanol–water partition coefficient (Wildman–Crippen LogP) is 2.00. The van der Waals surface area contributed by atoms with Crippen molar-refractivity contribution in [3.05, 3.63) is 34.9 Å². The molecule has 4 unspecified atom stereocenters. The minimum Gasteiger partial charge on any atom is -0.504 e. The van der Waals surface area contributed by atoms with Gasteiger partial charge in [0, 0.05) is 18.7 Å². The molecular weight excluding hydrogens is 278 g/mol. The third kappa shape index (κ3) is 1.28. The van der Waals surface area contributed by atoms with Gasteiger partial charge in [-0.3, -0.25) is 4.90 Å². The van der Waals surface area contributed by atoms with E-state index in [4.69, 9.17) is 9.47 Å². The third-order valence-electron chi connectivity index (χ3n) is 6.29. The summed E-state index contributed by atoms with van der Waals surface area (Å²) < 4.78 is 12.1. The van der Waals surface area contributed by atoms with E-state index in [2.05, 4.69) is 24.1 Å². The number of benzene rings is 1. The molecule has 4 nitrogen and oxygen atoms in total. The van der Waals surface area contributed by atoms with Crippen molar-refractivity contribution in [2.75, 3.05) is 20.7 Å². The molecule has 4 aliphatic rings. The summed E-state index contributed by atoms with van der Waals surface area (Å²) in [6.07, 6.45) is 5.39. The van der Waals surface area contributed by atoms with Crippen LogP contribution in [0, 0.1) is 0 Å². The summed E-state index contributed by atoms with van der Waals surface area (Å²) in [5, 5.41) is 10.3. The maximum atomic E-state index is 10.3. The summed E-state index contributed by atoms with van der Waals surface area (Å²) in [5.74, 6) is 0.981. The normalized spacial score (nSPS) is 38.3. The van der Waals surface area contributed by atoms with Crippen LogP contribution in [0.1, 0.15) is 24.0 Å². The summed E-state index contributed by atoms with van der Waals surface area (Å²) in [6.45, 7) is 1.06. The van der Waals surface area contributed by atoms with Gasteiger partial charge in [-0.15, -0.1) is 0 Å². The van der Waals surface area contributed by atoms with Crippen LogP contribution < -0.4 is 4.74 Å². The van der Waals surface area contributed by atoms with E-state index < -0.39 is 0 Å². The van der Waals surface area contributed by atoms with Gasteiger partial charge in [-0.05, 0) is 50.1 Å². The number of phenolic OH excluding ortho intramolecular Hbond substituents is 1. The van der Waals surface area contributed by atoms with E-state index in [0.29, 0.717) is 11.8 Å². The highest BCUT2D eigenvalue weighted by Gasteiger charge is 2.62. The van der Waals surface area contributed by atoms with Gasteiger partial charge >= 0.3 is 0 Å². The summed E-state index contributed by atoms with van der Waals surface area (Å²) in [4.78, 5) is 2.47. The van der Waals surface area contributed by atoms with Crippen molar-refractivity contribution >= 4 is 0 Å². The van der Waals surface area contributed by atoms with Crippen LogP contribution in [0.4, 0.5) is 0 Å². The highest BCUT2D eigenvalue weighted by atomic mass is 16.5. The molecule has 1 N–H and O–H groups in total. The molecular formula is C18H21NO3. The molecule has 2 heterocycles. The molecule has 22 heavy (non-hydrogen) atoms. The number of aromatic hydroxyl groups is 1. The van der Waals surface area contributed by atoms with Crippen LogP contribution in [-0.4, -0.2) is 49.0 Å². The predicted molar refractivity (Wildman–Crippen MR) is 82.4 cm³/mol. The van der Waals surface area contributed by atoms with E-state index in [1.54, 1.807) is 13.2 Å². The molecule has 2 aliphatic heterocycles. The fourth-order valence-electron chi connectivity index (χ4n) is 5.30. The fraction of sp³-hybridized carbons (Fsp3) is 0.556. The fourth-order valence-corrected chi connectivity index (χ4v) is 5.30. The zero-order valence-electron chi connectivity index (χ0n) is 13.0. The van der Waals surface area contributed by atoms with Gasteiger partial charge in [0.1, 0.15) is 6.10 Å². The van der Waals surface area contributed by atoms with Crippen LogP contribution in [0.5, 0.6) is 11.5 Å². The topological polar surface area (TPSA) is 41.9 Å². The number of rotatable bonds is 1. The minimum atomic E-state index is -0.0856. The SMILES string of the molecule is COC1CC=C2C3Cc4ccc(O)c5c4C2(CCN3C)C1O5. The maximum Gasteiger partial charge on any atom is 0.166 e. The number of methoxy groups -OCH3 is 1. The number of hydrogen-bond acceptors (Lipinski definition) is 4. The van der Waals surface area contributed by atoms with Crippen molar-refractivity contribution in [2.45, 2.75) is 42.9 Å². The Morgan fingerprint density at radius 1 is 1.41 bits per heavy atom. The quantitative estimate of drug-likeness (QED) is 0.805. The zero-order valence-corrected chi connectivity index (χ0v) is 13.0. The number of likely N-dealkylation sites (N-methyl/N-ethyl adjacent to an activating group) is 1. The summed E-state index contributed by atoms with van der Waals surface area (Å²) >= 11 is 0. The maximum absolute atomic E-state index is 10.3. The van der Waals surface area contributed by atoms with Crippen LogP contribution in [0.15, 0.2) is 23.8 Å². The number of phenols is 1. The van der Waals surface area contributed by atoms with E-state index in [9.17, 15) is 5.11 Å². The first-order chi connectivity index (χ1) is 10.7. The standard InChI is InChI=1S/C18H21NO3/c1-19-8-7-18-11-4-6-14(21-2)17(18)22-16-13(20)5-3-10(15(16)18)9-12(11)19/h3-5,12,14,17,20H,6-9H2,1-2H3. The molecule has 1 aromatic rings. The van der Waals surface area contributed by atoms with Gasteiger partial charge in [-0.1, -0.05) is 12.1 Å². The first kappa shape index (κ1) is 13.0. The first-order valence-corrected chi connectivity index (χ1v) is 8.12. The second-order valence-corrected chi connectivity index (χ2v) is 7.08. The number of piperidine rings is 1. The molecule has 1 spiro atoms. The smallest absolute Gasteiger partial charge is 0.166 e. The second-order valence-electron chi connectivity index (χ2n) is 7.08. The van der Waals surface area contributed by atoms with E-state index in [1.165, 1.54) is 16.7 Å². The van der Waals surface area contributed by atoms with Crippen molar-refractivity contribution in [1.29, 1.82) is 0 Å². The van der Waals surface area contributed by atoms with Crippen LogP contribution in [0.25, 0.3) is 0 Å². The Balaban J connectivity index is 1.83. The Morgan fingerprint density at radius 2 is 2.27 bits per heavy atom. The Kier molecular flexibility index (Phi) is 2.39. The average Bonchev–Trinajstić information content (AvgIpc) is 2.88. The molecule has 2 bridgehead atoms. The Hall–Kier alpha value is -1.52. The summed E-state index contributed by atoms with van der Waals surface area (Å²) in [5.41, 5.74) is 3.99. The third-order valence-corrected chi connectivity index (χ3v) is 6.29. The van der Waals surface area contributed by atoms with Gasteiger partial charge in [-0.2, -0.15) is 0 Å². The summed E-state index contributed by atoms with van der Waals surface area (Å²) in [6, 6.07) is 4.33. The van der Waals surface area contributed by atoms with Gasteiger partial charge in [0.25, 0.3) is 0 Å². The van der Waals surface area contributed by atoms with E-state index >= 15 is 0 Å². The average molecular weight is 299 g/mol. The molecule has 0 saturated carbocycles. The molecule has 4 atom stereocenters. The van der Waals surface area contributed by atoms with Gasteiger partial charge in [0.2, 0.25) is 0 Å². The van der Waals surface area contributed by atoms with Crippen LogP contribution in [0.2, 0.25) is 0 Å². The highest BCUT2D eigenvalue weighted by Crippen LogP contribution is 2.62. The van der Waals surface area contributed by atoms with Crippen molar-refractivity contribution in [3.63, 3.8) is 0 Å². The molecule has 116 valence electrons. The van der Waals surface area contributed by atoms with Crippen molar-refractivity contribution in [2.24, 2.45) is 0 Å². The molecule has 1 fully saturated rings. The lowest BCUT2D eigenvalue weighted by molar-refractivity contribution is -0.0357. The molecule has 0 radical (unpaired) electrons. The van der Waals surface area contributed by atoms with Gasteiger partial charge < -0.3 is 14.6 Å². The largest absolute Gasteiger partial charge is 0.504 e. The lowest BCUT2D eigenvalue weighted by Gasteiger charge is -2.54. The minimum absolute atomic E-state index is 0.00366. The molecule has 4 heteroatoms. The lowest BCUT2D eigenvalue weighted by Crippen LogP contribution is -2.61. The van der Waals surface area contributed by atoms with Crippen molar-refractivity contribution < 1.29 is 14.6 Å². The van der Waals surface area contributed by atoms with Gasteiger partial charge in [0.05, 0.1) is 11.5 Å². The molecule has 1 saturated heterocycles. The first-order valence-electron chi connectivity index (χ1n) is 8.12. The summed E-state index contributed by atoms with van der Waals surface area (Å²) in [7, 11) is 3.99.